The van der Waals surface area contributed by atoms with Crippen LogP contribution in [0.2, 0.25) is 5.02 Å². The Morgan fingerprint density at radius 3 is 2.58 bits per heavy atom. The minimum absolute atomic E-state index is 0.0362. The normalized spacial score (nSPS) is 14.0. The highest BCUT2D eigenvalue weighted by molar-refractivity contribution is 6.33. The molecule has 0 aliphatic heterocycles. The fourth-order valence-corrected chi connectivity index (χ4v) is 1.87. The summed E-state index contributed by atoms with van der Waals surface area (Å²) < 4.78 is 12.8. The van der Waals surface area contributed by atoms with E-state index in [9.17, 15) is 14.0 Å². The highest BCUT2D eigenvalue weighted by atomic mass is 35.5. The van der Waals surface area contributed by atoms with Gasteiger partial charge in [0.15, 0.2) is 0 Å². The molecule has 2 N–H and O–H groups in total. The van der Waals surface area contributed by atoms with E-state index in [1.54, 1.807) is 0 Å². The molecule has 1 aliphatic rings. The van der Waals surface area contributed by atoms with E-state index in [1.807, 2.05) is 0 Å². The molecule has 0 aromatic heterocycles. The van der Waals surface area contributed by atoms with Crippen molar-refractivity contribution in [3.05, 3.63) is 34.6 Å². The molecule has 1 saturated carbocycles. The van der Waals surface area contributed by atoms with E-state index in [1.165, 1.54) is 12.1 Å². The Labute approximate surface area is 115 Å². The standard InChI is InChI=1S/C13H14ClFN2O2/c14-11-7-9(15)3-4-10(11)13(19)17-6-5-16-12(18)8-1-2-8/h3-4,7-8H,1-2,5-6H2,(H,16,18)(H,17,19). The van der Waals surface area contributed by atoms with E-state index in [0.717, 1.165) is 18.9 Å². The number of nitrogens with one attached hydrogen (secondary N) is 2. The molecule has 0 unspecified atom stereocenters. The number of halogens is 2. The number of amides is 2. The summed E-state index contributed by atoms with van der Waals surface area (Å²) in [6.45, 7) is 0.685. The maximum absolute atomic E-state index is 12.8. The molecule has 19 heavy (non-hydrogen) atoms. The molecule has 1 aromatic carbocycles. The first-order chi connectivity index (χ1) is 9.08. The van der Waals surface area contributed by atoms with Gasteiger partial charge in [-0.05, 0) is 31.0 Å². The van der Waals surface area contributed by atoms with Crippen LogP contribution in [-0.4, -0.2) is 24.9 Å². The van der Waals surface area contributed by atoms with Crippen LogP contribution in [-0.2, 0) is 4.79 Å². The molecule has 0 saturated heterocycles. The average molecular weight is 285 g/mol. The first kappa shape index (κ1) is 13.8. The predicted octanol–water partition coefficient (Wildman–Crippen LogP) is 1.74. The van der Waals surface area contributed by atoms with Crippen molar-refractivity contribution >= 4 is 23.4 Å². The lowest BCUT2D eigenvalue weighted by Crippen LogP contribution is -2.35. The summed E-state index contributed by atoms with van der Waals surface area (Å²) in [4.78, 5) is 23.1. The summed E-state index contributed by atoms with van der Waals surface area (Å²) >= 11 is 5.77. The molecule has 4 nitrogen and oxygen atoms in total. The van der Waals surface area contributed by atoms with Crippen LogP contribution < -0.4 is 10.6 Å². The fraction of sp³-hybridized carbons (Fsp3) is 0.385. The van der Waals surface area contributed by atoms with Gasteiger partial charge in [0.05, 0.1) is 10.6 Å². The van der Waals surface area contributed by atoms with Crippen molar-refractivity contribution in [3.63, 3.8) is 0 Å². The molecule has 0 radical (unpaired) electrons. The number of carbonyl (C=O) groups is 2. The maximum atomic E-state index is 12.8. The van der Waals surface area contributed by atoms with Crippen LogP contribution in [0.4, 0.5) is 4.39 Å². The molecule has 2 rings (SSSR count). The SMILES string of the molecule is O=C(NCCNC(=O)C1CC1)c1ccc(F)cc1Cl. The summed E-state index contributed by atoms with van der Waals surface area (Å²) in [6, 6.07) is 3.59. The third-order valence-corrected chi connectivity index (χ3v) is 3.15. The number of benzene rings is 1. The van der Waals surface area contributed by atoms with Crippen LogP contribution >= 0.6 is 11.6 Å². The van der Waals surface area contributed by atoms with Gasteiger partial charge < -0.3 is 10.6 Å². The third-order valence-electron chi connectivity index (χ3n) is 2.83. The number of carbonyl (C=O) groups excluding carboxylic acids is 2. The average Bonchev–Trinajstić information content (AvgIpc) is 3.18. The van der Waals surface area contributed by atoms with Gasteiger partial charge in [-0.1, -0.05) is 11.6 Å². The summed E-state index contributed by atoms with van der Waals surface area (Å²) in [7, 11) is 0. The first-order valence-electron chi connectivity index (χ1n) is 6.09. The highest BCUT2D eigenvalue weighted by Gasteiger charge is 2.28. The maximum Gasteiger partial charge on any atom is 0.252 e. The molecule has 1 aliphatic carbocycles. The number of rotatable bonds is 5. The van der Waals surface area contributed by atoms with Gasteiger partial charge in [-0.3, -0.25) is 9.59 Å². The summed E-state index contributed by atoms with van der Waals surface area (Å²) in [5, 5.41) is 5.41. The Morgan fingerprint density at radius 1 is 1.26 bits per heavy atom. The molecule has 0 atom stereocenters. The van der Waals surface area contributed by atoms with E-state index in [0.29, 0.717) is 13.1 Å². The van der Waals surface area contributed by atoms with Crippen LogP contribution in [0.5, 0.6) is 0 Å². The minimum atomic E-state index is -0.488. The van der Waals surface area contributed by atoms with Gasteiger partial charge in [0.2, 0.25) is 5.91 Å². The van der Waals surface area contributed by atoms with Crippen LogP contribution in [0.3, 0.4) is 0 Å². The van der Waals surface area contributed by atoms with Crippen LogP contribution in [0.25, 0.3) is 0 Å². The lowest BCUT2D eigenvalue weighted by Gasteiger charge is -2.07. The lowest BCUT2D eigenvalue weighted by molar-refractivity contribution is -0.122. The summed E-state index contributed by atoms with van der Waals surface area (Å²) in [6.07, 6.45) is 1.90. The van der Waals surface area contributed by atoms with Gasteiger partial charge in [-0.15, -0.1) is 0 Å². The summed E-state index contributed by atoms with van der Waals surface area (Å²) in [5.74, 6) is -0.680. The Hall–Kier alpha value is -1.62. The number of hydrogen-bond donors (Lipinski definition) is 2. The van der Waals surface area contributed by atoms with Crippen LogP contribution in [0, 0.1) is 11.7 Å². The fourth-order valence-electron chi connectivity index (χ4n) is 1.62. The van der Waals surface area contributed by atoms with Gasteiger partial charge in [0.25, 0.3) is 5.91 Å². The Bertz CT molecular complexity index is 503. The Kier molecular flexibility index (Phi) is 4.37. The van der Waals surface area contributed by atoms with Crippen molar-refractivity contribution in [2.75, 3.05) is 13.1 Å². The summed E-state index contributed by atoms with van der Waals surface area (Å²) in [5.41, 5.74) is 0.219. The molecule has 2 amide bonds. The van der Waals surface area contributed by atoms with Gasteiger partial charge in [0, 0.05) is 19.0 Å². The highest BCUT2D eigenvalue weighted by Crippen LogP contribution is 2.28. The van der Waals surface area contributed by atoms with Crippen LogP contribution in [0.1, 0.15) is 23.2 Å². The first-order valence-corrected chi connectivity index (χ1v) is 6.46. The van der Waals surface area contributed by atoms with E-state index in [4.69, 9.17) is 11.6 Å². The molecule has 1 fully saturated rings. The molecule has 102 valence electrons. The smallest absolute Gasteiger partial charge is 0.252 e. The second kappa shape index (κ2) is 6.02. The third kappa shape index (κ3) is 3.92. The van der Waals surface area contributed by atoms with E-state index in [-0.39, 0.29) is 28.3 Å². The molecule has 0 heterocycles. The predicted molar refractivity (Wildman–Crippen MR) is 69.5 cm³/mol. The quantitative estimate of drug-likeness (QED) is 0.809. The van der Waals surface area contributed by atoms with Crippen molar-refractivity contribution in [3.8, 4) is 0 Å². The van der Waals surface area contributed by atoms with Gasteiger partial charge in [-0.25, -0.2) is 4.39 Å². The zero-order chi connectivity index (χ0) is 13.8. The Morgan fingerprint density at radius 2 is 1.95 bits per heavy atom. The molecule has 1 aromatic rings. The van der Waals surface area contributed by atoms with E-state index < -0.39 is 5.82 Å². The molecule has 0 spiro atoms. The monoisotopic (exact) mass is 284 g/mol. The van der Waals surface area contributed by atoms with Crippen LogP contribution in [0.15, 0.2) is 18.2 Å². The van der Waals surface area contributed by atoms with Crippen molar-refractivity contribution in [2.24, 2.45) is 5.92 Å². The molecule has 0 bridgehead atoms. The second-order valence-corrected chi connectivity index (χ2v) is 4.85. The molecular weight excluding hydrogens is 271 g/mol. The second-order valence-electron chi connectivity index (χ2n) is 4.45. The largest absolute Gasteiger partial charge is 0.354 e. The number of hydrogen-bond acceptors (Lipinski definition) is 2. The minimum Gasteiger partial charge on any atom is -0.354 e. The molecule has 6 heteroatoms. The van der Waals surface area contributed by atoms with E-state index in [2.05, 4.69) is 10.6 Å². The zero-order valence-corrected chi connectivity index (χ0v) is 11.0. The Balaban J connectivity index is 1.75. The van der Waals surface area contributed by atoms with E-state index >= 15 is 0 Å². The lowest BCUT2D eigenvalue weighted by atomic mass is 10.2. The van der Waals surface area contributed by atoms with Gasteiger partial charge in [-0.2, -0.15) is 0 Å². The van der Waals surface area contributed by atoms with Gasteiger partial charge >= 0.3 is 0 Å². The van der Waals surface area contributed by atoms with Gasteiger partial charge in [0.1, 0.15) is 5.82 Å². The van der Waals surface area contributed by atoms with Crippen molar-refractivity contribution in [1.82, 2.24) is 10.6 Å². The zero-order valence-electron chi connectivity index (χ0n) is 10.2. The molecular formula is C13H14ClFN2O2. The van der Waals surface area contributed by atoms with Crippen molar-refractivity contribution < 1.29 is 14.0 Å². The van der Waals surface area contributed by atoms with Crippen molar-refractivity contribution in [2.45, 2.75) is 12.8 Å². The topological polar surface area (TPSA) is 58.2 Å². The van der Waals surface area contributed by atoms with Crippen molar-refractivity contribution in [1.29, 1.82) is 0 Å².